The minimum atomic E-state index is -3.82. The van der Waals surface area contributed by atoms with E-state index in [0.717, 1.165) is 15.4 Å². The summed E-state index contributed by atoms with van der Waals surface area (Å²) in [6.45, 7) is 1.91. The molecular weight excluding hydrogens is 374 g/mol. The lowest BCUT2D eigenvalue weighted by atomic mass is 10.4. The van der Waals surface area contributed by atoms with Gasteiger partial charge in [0.15, 0.2) is 9.84 Å². The molecule has 1 unspecified atom stereocenters. The van der Waals surface area contributed by atoms with Crippen LogP contribution in [0.5, 0.6) is 0 Å². The Bertz CT molecular complexity index is 725. The summed E-state index contributed by atoms with van der Waals surface area (Å²) >= 11 is 8.53. The summed E-state index contributed by atoms with van der Waals surface area (Å²) in [5.41, 5.74) is 0. The Balaban J connectivity index is 2.48. The van der Waals surface area contributed by atoms with Crippen LogP contribution in [0.2, 0.25) is 0 Å². The van der Waals surface area contributed by atoms with Gasteiger partial charge in [0, 0.05) is 34.1 Å². The molecule has 1 aliphatic heterocycles. The number of halogens is 1. The summed E-state index contributed by atoms with van der Waals surface area (Å²) in [6.07, 6.45) is 1.08. The highest BCUT2D eigenvalue weighted by Gasteiger charge is 2.40. The molecule has 120 valence electrons. The first-order chi connectivity index (χ1) is 9.67. The molecule has 2 heterocycles. The normalized spacial score (nSPS) is 21.6. The Hall–Kier alpha value is 0.200. The van der Waals surface area contributed by atoms with Crippen LogP contribution in [0.25, 0.3) is 0 Å². The molecule has 0 radical (unpaired) electrons. The van der Waals surface area contributed by atoms with Gasteiger partial charge in [0.05, 0.1) is 10.8 Å². The van der Waals surface area contributed by atoms with E-state index in [2.05, 4.69) is 0 Å². The fourth-order valence-electron chi connectivity index (χ4n) is 2.15. The number of hydrogen-bond donors (Lipinski definition) is 0. The van der Waals surface area contributed by atoms with Crippen LogP contribution in [-0.2, 0) is 25.7 Å². The number of alkyl halides is 1. The van der Waals surface area contributed by atoms with Gasteiger partial charge >= 0.3 is 0 Å². The molecule has 0 bridgehead atoms. The second-order valence-corrected chi connectivity index (χ2v) is 11.6. The molecule has 10 heteroatoms. The van der Waals surface area contributed by atoms with Crippen molar-refractivity contribution in [3.05, 3.63) is 15.8 Å². The van der Waals surface area contributed by atoms with Crippen molar-refractivity contribution in [2.75, 3.05) is 24.3 Å². The quantitative estimate of drug-likeness (QED) is 0.735. The number of rotatable bonds is 4. The van der Waals surface area contributed by atoms with Crippen LogP contribution in [-0.4, -0.2) is 50.8 Å². The van der Waals surface area contributed by atoms with Gasteiger partial charge in [0.2, 0.25) is 10.0 Å². The average molecular weight is 390 g/mol. The fraction of sp³-hybridized carbons (Fsp3) is 0.636. The Morgan fingerprint density at radius 3 is 2.57 bits per heavy atom. The number of sulfonamides is 1. The van der Waals surface area contributed by atoms with Gasteiger partial charge in [-0.3, -0.25) is 0 Å². The van der Waals surface area contributed by atoms with Gasteiger partial charge in [-0.05, 0) is 13.0 Å². The Kier molecular flexibility index (Phi) is 5.32. The Labute approximate surface area is 138 Å². The van der Waals surface area contributed by atoms with Crippen molar-refractivity contribution in [1.29, 1.82) is 0 Å². The highest BCUT2D eigenvalue weighted by atomic mass is 35.5. The first-order valence-electron chi connectivity index (χ1n) is 6.11. The molecule has 0 saturated carbocycles. The smallest absolute Gasteiger partial charge is 0.227 e. The van der Waals surface area contributed by atoms with Gasteiger partial charge in [-0.25, -0.2) is 16.8 Å². The summed E-state index contributed by atoms with van der Waals surface area (Å²) in [7, 11) is -7.30. The molecule has 0 aromatic carbocycles. The zero-order valence-corrected chi connectivity index (χ0v) is 15.6. The summed E-state index contributed by atoms with van der Waals surface area (Å²) in [5, 5.41) is -1.000. The molecule has 1 atom stereocenters. The van der Waals surface area contributed by atoms with E-state index in [4.69, 9.17) is 11.6 Å². The molecule has 1 aromatic heterocycles. The van der Waals surface area contributed by atoms with Crippen molar-refractivity contribution in [1.82, 2.24) is 4.31 Å². The van der Waals surface area contributed by atoms with Gasteiger partial charge in [0.25, 0.3) is 0 Å². The molecule has 0 aliphatic carbocycles. The molecular formula is C11H16ClNO4S4. The molecule has 2 rings (SSSR count). The van der Waals surface area contributed by atoms with Gasteiger partial charge in [-0.2, -0.15) is 16.1 Å². The summed E-state index contributed by atoms with van der Waals surface area (Å²) < 4.78 is 50.5. The lowest BCUT2D eigenvalue weighted by molar-refractivity contribution is 0.405. The van der Waals surface area contributed by atoms with Crippen LogP contribution < -0.4 is 0 Å². The molecule has 5 nitrogen and oxygen atoms in total. The van der Waals surface area contributed by atoms with Gasteiger partial charge in [-0.1, -0.05) is 0 Å². The maximum atomic E-state index is 12.8. The van der Waals surface area contributed by atoms with Crippen LogP contribution in [0.1, 0.15) is 9.75 Å². The molecule has 0 spiro atoms. The highest BCUT2D eigenvalue weighted by molar-refractivity contribution is 8.01. The SMILES string of the molecule is Cc1sc(CCl)cc1S(=O)(=O)N1CCSCC1S(C)(=O)=O. The fourth-order valence-corrected chi connectivity index (χ4v) is 9.02. The number of sulfone groups is 1. The number of hydrogen-bond acceptors (Lipinski definition) is 6. The molecule has 0 amide bonds. The Morgan fingerprint density at radius 2 is 2.05 bits per heavy atom. The van der Waals surface area contributed by atoms with E-state index in [9.17, 15) is 16.8 Å². The molecule has 21 heavy (non-hydrogen) atoms. The molecule has 1 saturated heterocycles. The van der Waals surface area contributed by atoms with Crippen molar-refractivity contribution in [2.45, 2.75) is 23.1 Å². The average Bonchev–Trinajstić information content (AvgIpc) is 2.80. The maximum Gasteiger partial charge on any atom is 0.245 e. The van der Waals surface area contributed by atoms with Gasteiger partial charge in [-0.15, -0.1) is 22.9 Å². The lowest BCUT2D eigenvalue weighted by Gasteiger charge is -2.32. The van der Waals surface area contributed by atoms with Crippen molar-refractivity contribution < 1.29 is 16.8 Å². The second kappa shape index (κ2) is 6.37. The first-order valence-corrected chi connectivity index (χ1v) is 12.0. The third-order valence-corrected chi connectivity index (χ3v) is 9.61. The summed E-state index contributed by atoms with van der Waals surface area (Å²) in [4.78, 5) is 1.56. The predicted molar refractivity (Wildman–Crippen MR) is 88.5 cm³/mol. The first kappa shape index (κ1) is 17.6. The topological polar surface area (TPSA) is 71.5 Å². The molecule has 1 aromatic rings. The zero-order valence-electron chi connectivity index (χ0n) is 11.6. The largest absolute Gasteiger partial charge is 0.245 e. The van der Waals surface area contributed by atoms with Crippen molar-refractivity contribution in [3.63, 3.8) is 0 Å². The van der Waals surface area contributed by atoms with E-state index in [1.165, 1.54) is 23.1 Å². The number of thioether (sulfide) groups is 1. The van der Waals surface area contributed by atoms with Crippen LogP contribution in [0.3, 0.4) is 0 Å². The third-order valence-electron chi connectivity index (χ3n) is 3.17. The number of aryl methyl sites for hydroxylation is 1. The zero-order chi connectivity index (χ0) is 15.8. The minimum Gasteiger partial charge on any atom is -0.227 e. The maximum absolute atomic E-state index is 12.8. The lowest BCUT2D eigenvalue weighted by Crippen LogP contribution is -2.49. The van der Waals surface area contributed by atoms with Crippen LogP contribution in [0.4, 0.5) is 0 Å². The monoisotopic (exact) mass is 389 g/mol. The van der Waals surface area contributed by atoms with Crippen LogP contribution in [0, 0.1) is 6.92 Å². The summed E-state index contributed by atoms with van der Waals surface area (Å²) in [5.74, 6) is 1.10. The van der Waals surface area contributed by atoms with E-state index in [1.807, 2.05) is 0 Å². The van der Waals surface area contributed by atoms with Crippen molar-refractivity contribution in [2.24, 2.45) is 0 Å². The third kappa shape index (κ3) is 3.59. The number of thiophene rings is 1. The van der Waals surface area contributed by atoms with Gasteiger partial charge in [0.1, 0.15) is 5.37 Å². The van der Waals surface area contributed by atoms with E-state index < -0.39 is 25.2 Å². The van der Waals surface area contributed by atoms with Crippen molar-refractivity contribution >= 4 is 54.6 Å². The molecule has 0 N–H and O–H groups in total. The highest BCUT2D eigenvalue weighted by Crippen LogP contribution is 2.33. The van der Waals surface area contributed by atoms with Gasteiger partial charge < -0.3 is 0 Å². The van der Waals surface area contributed by atoms with E-state index in [-0.39, 0.29) is 23.1 Å². The standard InChI is InChI=1S/C11H16ClNO4S4/c1-8-10(5-9(6-12)19-8)21(16,17)13-3-4-18-7-11(13)20(2,14)15/h5,11H,3-4,6-7H2,1-2H3. The van der Waals surface area contributed by atoms with Crippen LogP contribution in [0.15, 0.2) is 11.0 Å². The Morgan fingerprint density at radius 1 is 1.38 bits per heavy atom. The predicted octanol–water partition coefficient (Wildman–Crippen LogP) is 1.90. The second-order valence-electron chi connectivity index (χ2n) is 4.74. The number of nitrogens with zero attached hydrogens (tertiary/aromatic N) is 1. The summed E-state index contributed by atoms with van der Waals surface area (Å²) in [6, 6.07) is 1.55. The van der Waals surface area contributed by atoms with Crippen molar-refractivity contribution in [3.8, 4) is 0 Å². The molecule has 1 fully saturated rings. The van der Waals surface area contributed by atoms with E-state index >= 15 is 0 Å². The minimum absolute atomic E-state index is 0.170. The van der Waals surface area contributed by atoms with E-state index in [1.54, 1.807) is 13.0 Å². The van der Waals surface area contributed by atoms with E-state index in [0.29, 0.717) is 10.6 Å². The molecule has 1 aliphatic rings. The van der Waals surface area contributed by atoms with Crippen LogP contribution >= 0.6 is 34.7 Å².